The van der Waals surface area contributed by atoms with Gasteiger partial charge in [0, 0.05) is 11.1 Å². The van der Waals surface area contributed by atoms with Gasteiger partial charge in [0.05, 0.1) is 0 Å². The average molecular weight is 351 g/mol. The van der Waals surface area contributed by atoms with Gasteiger partial charge in [0.15, 0.2) is 0 Å². The van der Waals surface area contributed by atoms with E-state index in [4.69, 9.17) is 0 Å². The van der Waals surface area contributed by atoms with E-state index < -0.39 is 35.3 Å². The molecule has 0 amide bonds. The summed E-state index contributed by atoms with van der Waals surface area (Å²) in [4.78, 5) is 0. The van der Waals surface area contributed by atoms with E-state index in [1.807, 2.05) is 30.3 Å². The second kappa shape index (κ2) is 6.34. The molecule has 118 valence electrons. The standard InChI is InChI=1S/C9H5F6.C5H5.Ni/c10-8(11,12)6-4-1-2-5(3-4)7(6)9(13,14)15;1-2-4-5-3-1;/h1-5H;1-5H;/q2*-1;+2. The first-order valence-electron chi connectivity index (χ1n) is 5.79. The van der Waals surface area contributed by atoms with Gasteiger partial charge in [-0.2, -0.15) is 44.5 Å². The van der Waals surface area contributed by atoms with Crippen LogP contribution >= 0.6 is 0 Å². The maximum Gasteiger partial charge on any atom is 2.00 e. The molecule has 0 nitrogen and oxygen atoms in total. The van der Waals surface area contributed by atoms with Crippen molar-refractivity contribution in [2.45, 2.75) is 12.4 Å². The maximum absolute atomic E-state index is 12.4. The summed E-state index contributed by atoms with van der Waals surface area (Å²) in [6.45, 7) is 0. The summed E-state index contributed by atoms with van der Waals surface area (Å²) < 4.78 is 74.3. The van der Waals surface area contributed by atoms with Crippen LogP contribution in [0.3, 0.4) is 0 Å². The molecule has 0 heterocycles. The second-order valence-electron chi connectivity index (χ2n) is 4.41. The van der Waals surface area contributed by atoms with Crippen molar-refractivity contribution in [3.8, 4) is 0 Å². The molecule has 3 rings (SSSR count). The van der Waals surface area contributed by atoms with Gasteiger partial charge < -0.3 is 6.42 Å². The predicted octanol–water partition coefficient (Wildman–Crippen LogP) is 4.83. The van der Waals surface area contributed by atoms with Crippen molar-refractivity contribution in [3.63, 3.8) is 0 Å². The van der Waals surface area contributed by atoms with Gasteiger partial charge in [-0.15, -0.1) is 24.0 Å². The normalized spacial score (nSPS) is 23.7. The van der Waals surface area contributed by atoms with Crippen molar-refractivity contribution in [2.24, 2.45) is 11.8 Å². The van der Waals surface area contributed by atoms with E-state index in [2.05, 4.69) is 0 Å². The molecule has 0 aromatic heterocycles. The van der Waals surface area contributed by atoms with Crippen molar-refractivity contribution in [1.29, 1.82) is 0 Å². The number of hydrogen-bond donors (Lipinski definition) is 0. The van der Waals surface area contributed by atoms with Gasteiger partial charge in [-0.1, -0.05) is 0 Å². The Morgan fingerprint density at radius 3 is 1.38 bits per heavy atom. The SMILES string of the molecule is FC(F)(F)C1=C(C(F)(F)F)C2C=CC1[CH-]2.[Ni+2].c1cc[cH-]c1. The molecule has 2 bridgehead atoms. The third-order valence-corrected chi connectivity index (χ3v) is 3.06. The summed E-state index contributed by atoms with van der Waals surface area (Å²) in [5, 5.41) is 0. The van der Waals surface area contributed by atoms with Gasteiger partial charge in [0.1, 0.15) is 0 Å². The Kier molecular flexibility index (Phi) is 5.42. The van der Waals surface area contributed by atoms with Crippen LogP contribution in [0.5, 0.6) is 0 Å². The minimum Gasteiger partial charge on any atom is -0.306 e. The van der Waals surface area contributed by atoms with E-state index in [1.165, 1.54) is 0 Å². The van der Waals surface area contributed by atoms with E-state index in [1.54, 1.807) is 0 Å². The number of hydrogen-bond acceptors (Lipinski definition) is 0. The molecule has 2 aliphatic carbocycles. The Morgan fingerprint density at radius 2 is 1.14 bits per heavy atom. The zero-order valence-corrected chi connectivity index (χ0v) is 11.3. The van der Waals surface area contributed by atoms with E-state index in [9.17, 15) is 26.3 Å². The minimum atomic E-state index is -4.91. The molecule has 0 spiro atoms. The Labute approximate surface area is 127 Å². The Balaban J connectivity index is 0.000000313. The summed E-state index contributed by atoms with van der Waals surface area (Å²) in [6.07, 6.45) is -6.45. The number of rotatable bonds is 0. The average Bonchev–Trinajstić information content (AvgIpc) is 3.04. The summed E-state index contributed by atoms with van der Waals surface area (Å²) in [7, 11) is 0. The fourth-order valence-electron chi connectivity index (χ4n) is 2.34. The van der Waals surface area contributed by atoms with Crippen LogP contribution in [0.25, 0.3) is 0 Å². The van der Waals surface area contributed by atoms with Crippen LogP contribution in [0, 0.1) is 18.3 Å². The van der Waals surface area contributed by atoms with Crippen LogP contribution in [0.15, 0.2) is 53.6 Å². The summed E-state index contributed by atoms with van der Waals surface area (Å²) in [5.41, 5.74) is -2.91. The van der Waals surface area contributed by atoms with Gasteiger partial charge >= 0.3 is 28.8 Å². The number of allylic oxidation sites excluding steroid dienone is 4. The van der Waals surface area contributed by atoms with Crippen LogP contribution in [-0.4, -0.2) is 12.4 Å². The summed E-state index contributed by atoms with van der Waals surface area (Å²) in [6, 6.07) is 10.0. The van der Waals surface area contributed by atoms with Gasteiger partial charge in [-0.3, -0.25) is 0 Å². The van der Waals surface area contributed by atoms with E-state index >= 15 is 0 Å². The van der Waals surface area contributed by atoms with E-state index in [0.717, 1.165) is 18.6 Å². The zero-order valence-electron chi connectivity index (χ0n) is 10.4. The quantitative estimate of drug-likeness (QED) is 0.272. The topological polar surface area (TPSA) is 0 Å². The summed E-state index contributed by atoms with van der Waals surface area (Å²) >= 11 is 0. The predicted molar refractivity (Wildman–Crippen MR) is 61.6 cm³/mol. The third kappa shape index (κ3) is 3.97. The second-order valence-corrected chi connectivity index (χ2v) is 4.41. The molecule has 0 N–H and O–H groups in total. The Bertz CT molecular complexity index is 457. The summed E-state index contributed by atoms with van der Waals surface area (Å²) in [5.74, 6) is -2.46. The van der Waals surface area contributed by atoms with Crippen LogP contribution in [0.1, 0.15) is 0 Å². The molecule has 1 aromatic rings. The molecule has 2 atom stereocenters. The van der Waals surface area contributed by atoms with Gasteiger partial charge in [-0.05, 0) is 0 Å². The Morgan fingerprint density at radius 1 is 0.762 bits per heavy atom. The minimum absolute atomic E-state index is 0. The van der Waals surface area contributed by atoms with Crippen LogP contribution in [-0.2, 0) is 16.5 Å². The van der Waals surface area contributed by atoms with Crippen LogP contribution < -0.4 is 0 Å². The van der Waals surface area contributed by atoms with Crippen molar-refractivity contribution in [3.05, 3.63) is 60.1 Å². The first-order chi connectivity index (χ1) is 9.21. The first-order valence-corrected chi connectivity index (χ1v) is 5.79. The molecular formula is C14H10F6Ni. The Hall–Kier alpha value is -1.10. The molecule has 21 heavy (non-hydrogen) atoms. The number of fused-ring (bicyclic) bond motifs is 2. The monoisotopic (exact) mass is 350 g/mol. The molecule has 0 saturated carbocycles. The fourth-order valence-corrected chi connectivity index (χ4v) is 2.34. The molecule has 0 radical (unpaired) electrons. The molecule has 0 saturated heterocycles. The number of alkyl halides is 6. The molecule has 2 aliphatic rings. The van der Waals surface area contributed by atoms with Crippen molar-refractivity contribution in [2.75, 3.05) is 0 Å². The molecule has 1 aromatic carbocycles. The van der Waals surface area contributed by atoms with E-state index in [-0.39, 0.29) is 16.5 Å². The molecule has 2 unspecified atom stereocenters. The van der Waals surface area contributed by atoms with Crippen molar-refractivity contribution in [1.82, 2.24) is 0 Å². The fraction of sp³-hybridized carbons (Fsp3) is 0.286. The molecule has 7 heteroatoms. The smallest absolute Gasteiger partial charge is 0.306 e. The third-order valence-electron chi connectivity index (χ3n) is 3.06. The maximum atomic E-state index is 12.4. The molecule has 0 fully saturated rings. The first kappa shape index (κ1) is 18.0. The molecule has 0 aliphatic heterocycles. The van der Waals surface area contributed by atoms with Crippen LogP contribution in [0.4, 0.5) is 26.3 Å². The van der Waals surface area contributed by atoms with Crippen molar-refractivity contribution < 1.29 is 42.8 Å². The van der Waals surface area contributed by atoms with Gasteiger partial charge in [0.25, 0.3) is 0 Å². The van der Waals surface area contributed by atoms with Crippen LogP contribution in [0.2, 0.25) is 0 Å². The largest absolute Gasteiger partial charge is 2.00 e. The zero-order chi connectivity index (χ0) is 15.0. The number of halogens is 6. The van der Waals surface area contributed by atoms with E-state index in [0.29, 0.717) is 0 Å². The van der Waals surface area contributed by atoms with Gasteiger partial charge in [0.2, 0.25) is 0 Å². The van der Waals surface area contributed by atoms with Gasteiger partial charge in [-0.25, -0.2) is 12.1 Å². The molecular weight excluding hydrogens is 341 g/mol. The van der Waals surface area contributed by atoms with Crippen molar-refractivity contribution >= 4 is 0 Å².